The van der Waals surface area contributed by atoms with Crippen LogP contribution in [0.3, 0.4) is 0 Å². The monoisotopic (exact) mass is 305 g/mol. The van der Waals surface area contributed by atoms with Crippen LogP contribution in [0.25, 0.3) is 0 Å². The van der Waals surface area contributed by atoms with Crippen molar-refractivity contribution in [2.24, 2.45) is 11.7 Å². The van der Waals surface area contributed by atoms with Crippen LogP contribution in [-0.4, -0.2) is 29.1 Å². The Kier molecular flexibility index (Phi) is 5.95. The summed E-state index contributed by atoms with van der Waals surface area (Å²) in [4.78, 5) is 14.7. The molecule has 4 N–H and O–H groups in total. The summed E-state index contributed by atoms with van der Waals surface area (Å²) >= 11 is 0. The van der Waals surface area contributed by atoms with Gasteiger partial charge in [0.25, 0.3) is 5.91 Å². The van der Waals surface area contributed by atoms with E-state index in [-0.39, 0.29) is 23.9 Å². The standard InChI is InChI=1S/C13H18F3N3O2/c1-2-8(5-6-20)7-18-12-9(11(17)21)3-4-10(19-12)13(14,15)16/h3-4,8,20H,2,5-7H2,1H3,(H2,17,21)(H,18,19). The first kappa shape index (κ1) is 17.2. The molecule has 1 aromatic heterocycles. The van der Waals surface area contributed by atoms with Crippen LogP contribution in [-0.2, 0) is 6.18 Å². The average molecular weight is 305 g/mol. The molecule has 0 aromatic carbocycles. The Balaban J connectivity index is 2.98. The minimum Gasteiger partial charge on any atom is -0.396 e. The fraction of sp³-hybridized carbons (Fsp3) is 0.538. The van der Waals surface area contributed by atoms with Crippen molar-refractivity contribution in [3.63, 3.8) is 0 Å². The largest absolute Gasteiger partial charge is 0.433 e. The molecule has 1 amide bonds. The molecule has 0 fully saturated rings. The lowest BCUT2D eigenvalue weighted by Crippen LogP contribution is -2.21. The third-order valence-corrected chi connectivity index (χ3v) is 3.12. The van der Waals surface area contributed by atoms with E-state index in [1.165, 1.54) is 0 Å². The number of anilines is 1. The van der Waals surface area contributed by atoms with Crippen molar-refractivity contribution in [1.29, 1.82) is 0 Å². The number of rotatable bonds is 7. The van der Waals surface area contributed by atoms with Crippen molar-refractivity contribution in [3.8, 4) is 0 Å². The van der Waals surface area contributed by atoms with Gasteiger partial charge in [-0.3, -0.25) is 4.79 Å². The van der Waals surface area contributed by atoms with Gasteiger partial charge in [-0.25, -0.2) is 4.98 Å². The molecule has 0 aliphatic rings. The topological polar surface area (TPSA) is 88.2 Å². The minimum absolute atomic E-state index is 0.0150. The van der Waals surface area contributed by atoms with Gasteiger partial charge in [0.2, 0.25) is 0 Å². The molecule has 1 aromatic rings. The molecule has 21 heavy (non-hydrogen) atoms. The quantitative estimate of drug-likeness (QED) is 0.719. The first-order chi connectivity index (χ1) is 9.79. The van der Waals surface area contributed by atoms with Gasteiger partial charge >= 0.3 is 6.18 Å². The molecule has 0 saturated carbocycles. The van der Waals surface area contributed by atoms with Crippen LogP contribution in [0.4, 0.5) is 19.0 Å². The summed E-state index contributed by atoms with van der Waals surface area (Å²) in [7, 11) is 0. The zero-order chi connectivity index (χ0) is 16.0. The Morgan fingerprint density at radius 2 is 2.14 bits per heavy atom. The van der Waals surface area contributed by atoms with E-state index in [0.717, 1.165) is 18.6 Å². The molecule has 0 saturated heterocycles. The van der Waals surface area contributed by atoms with Gasteiger partial charge in [0.15, 0.2) is 0 Å². The van der Waals surface area contributed by atoms with Crippen molar-refractivity contribution < 1.29 is 23.1 Å². The summed E-state index contributed by atoms with van der Waals surface area (Å²) in [6.07, 6.45) is -3.35. The summed E-state index contributed by atoms with van der Waals surface area (Å²) in [6, 6.07) is 1.73. The summed E-state index contributed by atoms with van der Waals surface area (Å²) < 4.78 is 37.9. The number of alkyl halides is 3. The molecular formula is C13H18F3N3O2. The number of aromatic nitrogens is 1. The van der Waals surface area contributed by atoms with Crippen LogP contribution in [0.15, 0.2) is 12.1 Å². The van der Waals surface area contributed by atoms with Crippen LogP contribution in [0, 0.1) is 5.92 Å². The van der Waals surface area contributed by atoms with Crippen molar-refractivity contribution >= 4 is 11.7 Å². The van der Waals surface area contributed by atoms with E-state index in [0.29, 0.717) is 13.0 Å². The molecule has 0 spiro atoms. The number of hydrogen-bond donors (Lipinski definition) is 3. The Bertz CT molecular complexity index is 492. The summed E-state index contributed by atoms with van der Waals surface area (Å²) in [5.41, 5.74) is 3.94. The van der Waals surface area contributed by atoms with Gasteiger partial charge in [0.05, 0.1) is 5.56 Å². The van der Waals surface area contributed by atoms with Crippen LogP contribution in [0.2, 0.25) is 0 Å². The zero-order valence-corrected chi connectivity index (χ0v) is 11.6. The maximum atomic E-state index is 12.6. The lowest BCUT2D eigenvalue weighted by Gasteiger charge is -2.17. The van der Waals surface area contributed by atoms with E-state index >= 15 is 0 Å². The Hall–Kier alpha value is -1.83. The molecule has 0 aliphatic carbocycles. The van der Waals surface area contributed by atoms with Crippen molar-refractivity contribution in [2.45, 2.75) is 25.9 Å². The molecular weight excluding hydrogens is 287 g/mol. The zero-order valence-electron chi connectivity index (χ0n) is 11.6. The number of nitrogens with one attached hydrogen (secondary N) is 1. The fourth-order valence-corrected chi connectivity index (χ4v) is 1.82. The van der Waals surface area contributed by atoms with Crippen LogP contribution in [0.1, 0.15) is 35.8 Å². The number of hydrogen-bond acceptors (Lipinski definition) is 4. The number of nitrogens with zero attached hydrogens (tertiary/aromatic N) is 1. The molecule has 1 rings (SSSR count). The van der Waals surface area contributed by atoms with Crippen LogP contribution in [0.5, 0.6) is 0 Å². The van der Waals surface area contributed by atoms with E-state index < -0.39 is 17.8 Å². The normalized spacial score (nSPS) is 13.0. The maximum Gasteiger partial charge on any atom is 0.433 e. The van der Waals surface area contributed by atoms with E-state index in [4.69, 9.17) is 10.8 Å². The van der Waals surface area contributed by atoms with Gasteiger partial charge in [-0.05, 0) is 24.5 Å². The lowest BCUT2D eigenvalue weighted by molar-refractivity contribution is -0.141. The van der Waals surface area contributed by atoms with Gasteiger partial charge in [0, 0.05) is 13.2 Å². The molecule has 0 bridgehead atoms. The lowest BCUT2D eigenvalue weighted by atomic mass is 10.0. The number of aliphatic hydroxyl groups is 1. The molecule has 1 heterocycles. The number of carbonyl (C=O) groups is 1. The molecule has 1 unspecified atom stereocenters. The third-order valence-electron chi connectivity index (χ3n) is 3.12. The van der Waals surface area contributed by atoms with E-state index in [1.54, 1.807) is 0 Å². The highest BCUT2D eigenvalue weighted by molar-refractivity contribution is 5.97. The second kappa shape index (κ2) is 7.26. The first-order valence-electron chi connectivity index (χ1n) is 6.52. The predicted octanol–water partition coefficient (Wildman–Crippen LogP) is 2.02. The van der Waals surface area contributed by atoms with Crippen LogP contribution >= 0.6 is 0 Å². The van der Waals surface area contributed by atoms with E-state index in [9.17, 15) is 18.0 Å². The number of nitrogens with two attached hydrogens (primary N) is 1. The van der Waals surface area contributed by atoms with Crippen molar-refractivity contribution in [3.05, 3.63) is 23.4 Å². The van der Waals surface area contributed by atoms with Crippen molar-refractivity contribution in [1.82, 2.24) is 4.98 Å². The van der Waals surface area contributed by atoms with Gasteiger partial charge in [-0.15, -0.1) is 0 Å². The summed E-state index contributed by atoms with van der Waals surface area (Å²) in [5, 5.41) is 11.6. The summed E-state index contributed by atoms with van der Waals surface area (Å²) in [6.45, 7) is 2.18. The van der Waals surface area contributed by atoms with Crippen LogP contribution < -0.4 is 11.1 Å². The molecule has 118 valence electrons. The average Bonchev–Trinajstić information content (AvgIpc) is 2.41. The number of halogens is 3. The van der Waals surface area contributed by atoms with Gasteiger partial charge in [0.1, 0.15) is 11.5 Å². The highest BCUT2D eigenvalue weighted by atomic mass is 19.4. The Morgan fingerprint density at radius 1 is 1.48 bits per heavy atom. The first-order valence-corrected chi connectivity index (χ1v) is 6.52. The molecule has 8 heteroatoms. The number of carbonyl (C=O) groups excluding carboxylic acids is 1. The minimum atomic E-state index is -4.60. The highest BCUT2D eigenvalue weighted by Crippen LogP contribution is 2.29. The second-order valence-electron chi connectivity index (χ2n) is 4.62. The highest BCUT2D eigenvalue weighted by Gasteiger charge is 2.33. The number of aliphatic hydroxyl groups excluding tert-OH is 1. The van der Waals surface area contributed by atoms with E-state index in [1.807, 2.05) is 6.92 Å². The molecule has 0 aliphatic heterocycles. The Labute approximate surface area is 120 Å². The number of pyridine rings is 1. The van der Waals surface area contributed by atoms with Gasteiger partial charge < -0.3 is 16.2 Å². The third kappa shape index (κ3) is 4.89. The molecule has 5 nitrogen and oxygen atoms in total. The molecule has 1 atom stereocenters. The van der Waals surface area contributed by atoms with E-state index in [2.05, 4.69) is 10.3 Å². The number of primary amides is 1. The predicted molar refractivity (Wildman–Crippen MR) is 71.7 cm³/mol. The molecule has 0 radical (unpaired) electrons. The summed E-state index contributed by atoms with van der Waals surface area (Å²) in [5.74, 6) is -0.977. The SMILES string of the molecule is CCC(CCO)CNc1nc(C(F)(F)F)ccc1C(N)=O. The smallest absolute Gasteiger partial charge is 0.396 e. The van der Waals surface area contributed by atoms with Gasteiger partial charge in [-0.1, -0.05) is 13.3 Å². The second-order valence-corrected chi connectivity index (χ2v) is 4.62. The number of amides is 1. The Morgan fingerprint density at radius 3 is 2.62 bits per heavy atom. The van der Waals surface area contributed by atoms with Gasteiger partial charge in [-0.2, -0.15) is 13.2 Å². The maximum absolute atomic E-state index is 12.6. The van der Waals surface area contributed by atoms with Crippen molar-refractivity contribution in [2.75, 3.05) is 18.5 Å². The fourth-order valence-electron chi connectivity index (χ4n) is 1.82.